The standard InChI is InChI=1S/C14H16FN3O4.C2H6/c1-5-8(13(17)19)12(22-2)11-9(10(5)15)6(4-18-11)3-7(16)14(20)21;1-2/h4,7,18H,3,16H2,1-2H3,(H2,17,19)(H,20,21);1-2H3. The predicted molar refractivity (Wildman–Crippen MR) is 88.7 cm³/mol. The van der Waals surface area contributed by atoms with Crippen LogP contribution in [0.2, 0.25) is 0 Å². The lowest BCUT2D eigenvalue weighted by Gasteiger charge is -2.13. The zero-order valence-corrected chi connectivity index (χ0v) is 14.1. The molecule has 0 spiro atoms. The lowest BCUT2D eigenvalue weighted by Crippen LogP contribution is -2.32. The van der Waals surface area contributed by atoms with Gasteiger partial charge in [-0.3, -0.25) is 9.59 Å². The first-order valence-corrected chi connectivity index (χ1v) is 7.43. The fourth-order valence-electron chi connectivity index (χ4n) is 2.47. The highest BCUT2D eigenvalue weighted by Gasteiger charge is 2.25. The number of aliphatic carboxylic acids is 1. The van der Waals surface area contributed by atoms with Crippen molar-refractivity contribution in [1.29, 1.82) is 0 Å². The molecule has 132 valence electrons. The molecule has 0 radical (unpaired) electrons. The van der Waals surface area contributed by atoms with Crippen molar-refractivity contribution in [2.75, 3.05) is 7.11 Å². The van der Waals surface area contributed by atoms with Crippen molar-refractivity contribution in [3.63, 3.8) is 0 Å². The van der Waals surface area contributed by atoms with Crippen LogP contribution in [-0.4, -0.2) is 35.1 Å². The van der Waals surface area contributed by atoms with E-state index in [0.29, 0.717) is 5.56 Å². The van der Waals surface area contributed by atoms with E-state index in [2.05, 4.69) is 4.98 Å². The molecular formula is C16H22FN3O4. The van der Waals surface area contributed by atoms with E-state index >= 15 is 0 Å². The Balaban J connectivity index is 0.00000139. The molecule has 0 aliphatic rings. The minimum atomic E-state index is -1.19. The fourth-order valence-corrected chi connectivity index (χ4v) is 2.47. The number of hydrogen-bond donors (Lipinski definition) is 4. The third-order valence-electron chi connectivity index (χ3n) is 3.55. The SMILES string of the molecule is CC.COc1c(C(N)=O)c(C)c(F)c2c(CC(N)C(=O)O)c[nH]c12. The number of hydrogen-bond acceptors (Lipinski definition) is 4. The molecule has 1 aromatic carbocycles. The summed E-state index contributed by atoms with van der Waals surface area (Å²) in [5.41, 5.74) is 11.4. The number of primary amides is 1. The maximum Gasteiger partial charge on any atom is 0.320 e. The number of carbonyl (C=O) groups is 2. The lowest BCUT2D eigenvalue weighted by molar-refractivity contribution is -0.138. The van der Waals surface area contributed by atoms with Gasteiger partial charge in [-0.2, -0.15) is 0 Å². The van der Waals surface area contributed by atoms with E-state index in [-0.39, 0.29) is 34.2 Å². The Morgan fingerprint density at radius 1 is 1.42 bits per heavy atom. The van der Waals surface area contributed by atoms with Gasteiger partial charge in [0.2, 0.25) is 0 Å². The summed E-state index contributed by atoms with van der Waals surface area (Å²) in [6, 6.07) is -1.17. The van der Waals surface area contributed by atoms with Gasteiger partial charge in [0.15, 0.2) is 5.75 Å². The molecule has 6 N–H and O–H groups in total. The van der Waals surface area contributed by atoms with Gasteiger partial charge in [0.25, 0.3) is 5.91 Å². The highest BCUT2D eigenvalue weighted by Crippen LogP contribution is 2.36. The van der Waals surface area contributed by atoms with Crippen molar-refractivity contribution < 1.29 is 23.8 Å². The number of carboxylic acids is 1. The van der Waals surface area contributed by atoms with E-state index in [9.17, 15) is 14.0 Å². The maximum absolute atomic E-state index is 14.6. The van der Waals surface area contributed by atoms with Crippen LogP contribution < -0.4 is 16.2 Å². The summed E-state index contributed by atoms with van der Waals surface area (Å²) >= 11 is 0. The second-order valence-corrected chi connectivity index (χ2v) is 4.92. The van der Waals surface area contributed by atoms with Crippen molar-refractivity contribution in [3.8, 4) is 5.75 Å². The number of aromatic amines is 1. The van der Waals surface area contributed by atoms with Gasteiger partial charge in [-0.1, -0.05) is 13.8 Å². The molecule has 1 heterocycles. The summed E-state index contributed by atoms with van der Waals surface area (Å²) < 4.78 is 19.8. The topological polar surface area (TPSA) is 131 Å². The number of rotatable bonds is 5. The summed E-state index contributed by atoms with van der Waals surface area (Å²) in [5.74, 6) is -2.53. The number of aromatic nitrogens is 1. The molecule has 1 aromatic heterocycles. The minimum absolute atomic E-state index is 0.0431. The van der Waals surface area contributed by atoms with Crippen LogP contribution in [0, 0.1) is 12.7 Å². The average Bonchev–Trinajstić information content (AvgIpc) is 2.95. The summed E-state index contributed by atoms with van der Waals surface area (Å²) in [6.07, 6.45) is 1.38. The highest BCUT2D eigenvalue weighted by molar-refractivity contribution is 6.04. The van der Waals surface area contributed by atoms with Crippen LogP contribution in [-0.2, 0) is 11.2 Å². The molecule has 0 saturated carbocycles. The maximum atomic E-state index is 14.6. The van der Waals surface area contributed by atoms with Crippen LogP contribution in [0.4, 0.5) is 4.39 Å². The van der Waals surface area contributed by atoms with Gasteiger partial charge in [-0.15, -0.1) is 0 Å². The zero-order chi connectivity index (χ0) is 18.6. The number of fused-ring (bicyclic) bond motifs is 1. The van der Waals surface area contributed by atoms with Crippen LogP contribution in [0.25, 0.3) is 10.9 Å². The number of ether oxygens (including phenoxy) is 1. The number of carbonyl (C=O) groups excluding carboxylic acids is 1. The summed E-state index contributed by atoms with van der Waals surface area (Å²) in [5, 5.41) is 9.03. The normalized spacial score (nSPS) is 11.6. The molecule has 1 amide bonds. The Morgan fingerprint density at radius 2 is 2.00 bits per heavy atom. The number of benzene rings is 1. The molecule has 1 unspecified atom stereocenters. The first-order chi connectivity index (χ1) is 11.3. The van der Waals surface area contributed by atoms with E-state index < -0.39 is 23.7 Å². The Kier molecular flexibility index (Phi) is 6.30. The van der Waals surface area contributed by atoms with Gasteiger partial charge in [0.05, 0.1) is 18.2 Å². The molecule has 0 bridgehead atoms. The van der Waals surface area contributed by atoms with Crippen LogP contribution in [0.5, 0.6) is 5.75 Å². The molecule has 24 heavy (non-hydrogen) atoms. The molecular weight excluding hydrogens is 317 g/mol. The molecule has 2 aromatic rings. The highest BCUT2D eigenvalue weighted by atomic mass is 19.1. The Morgan fingerprint density at radius 3 is 2.46 bits per heavy atom. The second-order valence-electron chi connectivity index (χ2n) is 4.92. The molecule has 0 aliphatic carbocycles. The van der Waals surface area contributed by atoms with Gasteiger partial charge < -0.3 is 26.3 Å². The van der Waals surface area contributed by atoms with Gasteiger partial charge in [0.1, 0.15) is 11.9 Å². The van der Waals surface area contributed by atoms with Gasteiger partial charge >= 0.3 is 5.97 Å². The Hall–Kier alpha value is -2.61. The van der Waals surface area contributed by atoms with Crippen LogP contribution in [0.3, 0.4) is 0 Å². The monoisotopic (exact) mass is 339 g/mol. The lowest BCUT2D eigenvalue weighted by atomic mass is 9.98. The zero-order valence-electron chi connectivity index (χ0n) is 14.1. The smallest absolute Gasteiger partial charge is 0.320 e. The number of H-pyrrole nitrogens is 1. The molecule has 1 atom stereocenters. The third-order valence-corrected chi connectivity index (χ3v) is 3.55. The number of amides is 1. The third kappa shape index (κ3) is 3.33. The minimum Gasteiger partial charge on any atom is -0.494 e. The van der Waals surface area contributed by atoms with E-state index in [1.165, 1.54) is 20.2 Å². The fraction of sp³-hybridized carbons (Fsp3) is 0.375. The molecule has 0 fully saturated rings. The average molecular weight is 339 g/mol. The molecule has 2 rings (SSSR count). The summed E-state index contributed by atoms with van der Waals surface area (Å²) in [7, 11) is 1.34. The predicted octanol–water partition coefficient (Wildman–Crippen LogP) is 1.70. The van der Waals surface area contributed by atoms with Gasteiger partial charge in [0, 0.05) is 23.6 Å². The quantitative estimate of drug-likeness (QED) is 0.658. The van der Waals surface area contributed by atoms with Crippen LogP contribution >= 0.6 is 0 Å². The second kappa shape index (κ2) is 7.78. The van der Waals surface area contributed by atoms with Crippen molar-refractivity contribution in [2.45, 2.75) is 33.2 Å². The van der Waals surface area contributed by atoms with Gasteiger partial charge in [-0.25, -0.2) is 4.39 Å². The number of methoxy groups -OCH3 is 1. The summed E-state index contributed by atoms with van der Waals surface area (Å²) in [4.78, 5) is 25.2. The van der Waals surface area contributed by atoms with Crippen LogP contribution in [0.1, 0.15) is 35.3 Å². The summed E-state index contributed by atoms with van der Waals surface area (Å²) in [6.45, 7) is 5.41. The largest absolute Gasteiger partial charge is 0.494 e. The van der Waals surface area contributed by atoms with Crippen molar-refractivity contribution >= 4 is 22.8 Å². The van der Waals surface area contributed by atoms with Crippen molar-refractivity contribution in [2.24, 2.45) is 11.5 Å². The molecule has 0 saturated heterocycles. The van der Waals surface area contributed by atoms with Gasteiger partial charge in [-0.05, 0) is 12.5 Å². The van der Waals surface area contributed by atoms with Crippen molar-refractivity contribution in [1.82, 2.24) is 4.98 Å². The van der Waals surface area contributed by atoms with E-state index in [1.807, 2.05) is 13.8 Å². The Labute approximate surface area is 138 Å². The van der Waals surface area contributed by atoms with E-state index in [4.69, 9.17) is 21.3 Å². The molecule has 0 aliphatic heterocycles. The number of carboxylic acid groups (broad SMARTS) is 1. The number of nitrogens with one attached hydrogen (secondary N) is 1. The van der Waals surface area contributed by atoms with Crippen molar-refractivity contribution in [3.05, 3.63) is 28.7 Å². The first kappa shape index (κ1) is 19.4. The van der Waals surface area contributed by atoms with E-state index in [0.717, 1.165) is 0 Å². The number of nitrogens with two attached hydrogens (primary N) is 2. The molecule has 7 nitrogen and oxygen atoms in total. The molecule has 8 heteroatoms. The van der Waals surface area contributed by atoms with E-state index in [1.54, 1.807) is 0 Å². The first-order valence-electron chi connectivity index (χ1n) is 7.43. The van der Waals surface area contributed by atoms with Crippen LogP contribution in [0.15, 0.2) is 6.20 Å². The number of halogens is 1. The Bertz CT molecular complexity index is 771.